The second-order valence-corrected chi connectivity index (χ2v) is 5.01. The smallest absolute Gasteiger partial charge is 0.0767 e. The van der Waals surface area contributed by atoms with E-state index < -0.39 is 0 Å². The Morgan fingerprint density at radius 2 is 1.85 bits per heavy atom. The molecule has 0 bridgehead atoms. The van der Waals surface area contributed by atoms with Crippen LogP contribution in [0.4, 0.5) is 0 Å². The molecule has 1 aromatic carbocycles. The van der Waals surface area contributed by atoms with Crippen molar-refractivity contribution in [3.05, 3.63) is 35.9 Å². The minimum Gasteiger partial charge on any atom is -0.385 e. The first-order valence-corrected chi connectivity index (χ1v) is 7.72. The SMILES string of the molecule is CCCNC(c1ccccc1)C(CC)OCCCOC. The van der Waals surface area contributed by atoms with Crippen molar-refractivity contribution in [1.29, 1.82) is 0 Å². The molecule has 0 aliphatic rings. The molecular weight excluding hydrogens is 250 g/mol. The van der Waals surface area contributed by atoms with Gasteiger partial charge in [0, 0.05) is 20.3 Å². The highest BCUT2D eigenvalue weighted by Crippen LogP contribution is 2.21. The van der Waals surface area contributed by atoms with Crippen molar-refractivity contribution in [2.24, 2.45) is 0 Å². The molecule has 0 heterocycles. The maximum absolute atomic E-state index is 6.06. The second-order valence-electron chi connectivity index (χ2n) is 5.01. The normalized spacial score (nSPS) is 14.2. The first kappa shape index (κ1) is 17.2. The zero-order valence-corrected chi connectivity index (χ0v) is 13.1. The van der Waals surface area contributed by atoms with Crippen LogP contribution in [0.5, 0.6) is 0 Å². The Bertz CT molecular complexity index is 329. The highest BCUT2D eigenvalue weighted by Gasteiger charge is 2.21. The van der Waals surface area contributed by atoms with Crippen molar-refractivity contribution in [3.63, 3.8) is 0 Å². The molecule has 0 aromatic heterocycles. The van der Waals surface area contributed by atoms with E-state index in [0.717, 1.165) is 39.0 Å². The minimum absolute atomic E-state index is 0.209. The van der Waals surface area contributed by atoms with Crippen LogP contribution in [-0.2, 0) is 9.47 Å². The van der Waals surface area contributed by atoms with Gasteiger partial charge < -0.3 is 14.8 Å². The molecule has 20 heavy (non-hydrogen) atoms. The van der Waals surface area contributed by atoms with E-state index in [2.05, 4.69) is 49.5 Å². The fourth-order valence-electron chi connectivity index (χ4n) is 2.31. The van der Waals surface area contributed by atoms with Gasteiger partial charge >= 0.3 is 0 Å². The van der Waals surface area contributed by atoms with Crippen LogP contribution >= 0.6 is 0 Å². The zero-order valence-electron chi connectivity index (χ0n) is 13.1. The van der Waals surface area contributed by atoms with Gasteiger partial charge in [-0.25, -0.2) is 0 Å². The second kappa shape index (κ2) is 10.8. The quantitative estimate of drug-likeness (QED) is 0.628. The van der Waals surface area contributed by atoms with E-state index in [1.807, 2.05) is 0 Å². The molecule has 1 aromatic rings. The average Bonchev–Trinajstić information content (AvgIpc) is 2.50. The van der Waals surface area contributed by atoms with E-state index in [4.69, 9.17) is 9.47 Å². The minimum atomic E-state index is 0.209. The topological polar surface area (TPSA) is 30.5 Å². The van der Waals surface area contributed by atoms with Crippen molar-refractivity contribution < 1.29 is 9.47 Å². The summed E-state index contributed by atoms with van der Waals surface area (Å²) in [5.41, 5.74) is 1.31. The Kier molecular flexibility index (Phi) is 9.29. The number of nitrogens with one attached hydrogen (secondary N) is 1. The molecule has 0 saturated carbocycles. The lowest BCUT2D eigenvalue weighted by molar-refractivity contribution is 0.0135. The molecule has 0 spiro atoms. The van der Waals surface area contributed by atoms with Gasteiger partial charge in [0.2, 0.25) is 0 Å². The van der Waals surface area contributed by atoms with E-state index in [1.165, 1.54) is 5.56 Å². The van der Waals surface area contributed by atoms with Gasteiger partial charge in [-0.05, 0) is 31.4 Å². The first-order chi connectivity index (χ1) is 9.83. The average molecular weight is 279 g/mol. The highest BCUT2D eigenvalue weighted by atomic mass is 16.5. The number of ether oxygens (including phenoxy) is 2. The van der Waals surface area contributed by atoms with E-state index in [-0.39, 0.29) is 12.1 Å². The number of benzene rings is 1. The Labute approximate surface area is 123 Å². The summed E-state index contributed by atoms with van der Waals surface area (Å²) in [4.78, 5) is 0. The van der Waals surface area contributed by atoms with Crippen LogP contribution < -0.4 is 5.32 Å². The molecular formula is C17H29NO2. The summed E-state index contributed by atoms with van der Waals surface area (Å²) in [6.07, 6.45) is 3.29. The summed E-state index contributed by atoms with van der Waals surface area (Å²) < 4.78 is 11.1. The maximum atomic E-state index is 6.06. The van der Waals surface area contributed by atoms with Crippen LogP contribution in [0.25, 0.3) is 0 Å². The zero-order chi connectivity index (χ0) is 14.6. The fraction of sp³-hybridized carbons (Fsp3) is 0.647. The molecule has 1 N–H and O–H groups in total. The molecule has 2 unspecified atom stereocenters. The Morgan fingerprint density at radius 1 is 1.10 bits per heavy atom. The van der Waals surface area contributed by atoms with Crippen LogP contribution in [0.2, 0.25) is 0 Å². The Morgan fingerprint density at radius 3 is 2.45 bits per heavy atom. The summed E-state index contributed by atoms with van der Waals surface area (Å²) in [6.45, 7) is 6.90. The van der Waals surface area contributed by atoms with Crippen molar-refractivity contribution >= 4 is 0 Å². The molecule has 114 valence electrons. The van der Waals surface area contributed by atoms with Gasteiger partial charge in [0.25, 0.3) is 0 Å². The molecule has 0 amide bonds. The predicted octanol–water partition coefficient (Wildman–Crippen LogP) is 3.56. The summed E-state index contributed by atoms with van der Waals surface area (Å²) in [5, 5.41) is 3.62. The van der Waals surface area contributed by atoms with Gasteiger partial charge in [-0.2, -0.15) is 0 Å². The van der Waals surface area contributed by atoms with Crippen molar-refractivity contribution in [3.8, 4) is 0 Å². The van der Waals surface area contributed by atoms with Crippen molar-refractivity contribution in [2.45, 2.75) is 45.3 Å². The third-order valence-electron chi connectivity index (χ3n) is 3.37. The third-order valence-corrected chi connectivity index (χ3v) is 3.37. The maximum Gasteiger partial charge on any atom is 0.0767 e. The summed E-state index contributed by atoms with van der Waals surface area (Å²) in [5.74, 6) is 0. The van der Waals surface area contributed by atoms with E-state index in [1.54, 1.807) is 7.11 Å². The summed E-state index contributed by atoms with van der Waals surface area (Å²) in [7, 11) is 1.73. The molecule has 1 rings (SSSR count). The number of hydrogen-bond acceptors (Lipinski definition) is 3. The first-order valence-electron chi connectivity index (χ1n) is 7.72. The van der Waals surface area contributed by atoms with Gasteiger partial charge in [0.05, 0.1) is 12.1 Å². The number of rotatable bonds is 11. The lowest BCUT2D eigenvalue weighted by Gasteiger charge is -2.28. The Balaban J connectivity index is 2.63. The molecule has 2 atom stereocenters. The molecule has 0 saturated heterocycles. The van der Waals surface area contributed by atoms with Crippen molar-refractivity contribution in [1.82, 2.24) is 5.32 Å². The lowest BCUT2D eigenvalue weighted by atomic mass is 9.99. The largest absolute Gasteiger partial charge is 0.385 e. The summed E-state index contributed by atoms with van der Waals surface area (Å²) >= 11 is 0. The Hall–Kier alpha value is -0.900. The van der Waals surface area contributed by atoms with E-state index >= 15 is 0 Å². The highest BCUT2D eigenvalue weighted by molar-refractivity contribution is 5.20. The van der Waals surface area contributed by atoms with Gasteiger partial charge in [0.1, 0.15) is 0 Å². The molecule has 0 radical (unpaired) electrons. The third kappa shape index (κ3) is 6.04. The number of hydrogen-bond donors (Lipinski definition) is 1. The lowest BCUT2D eigenvalue weighted by Crippen LogP contribution is -2.34. The van der Waals surface area contributed by atoms with Crippen molar-refractivity contribution in [2.75, 3.05) is 26.9 Å². The van der Waals surface area contributed by atoms with Crippen LogP contribution in [0.3, 0.4) is 0 Å². The summed E-state index contributed by atoms with van der Waals surface area (Å²) in [6, 6.07) is 10.9. The van der Waals surface area contributed by atoms with Crippen LogP contribution in [-0.4, -0.2) is 33.0 Å². The molecule has 0 aliphatic carbocycles. The van der Waals surface area contributed by atoms with E-state index in [0.29, 0.717) is 0 Å². The van der Waals surface area contributed by atoms with Gasteiger partial charge in [0.15, 0.2) is 0 Å². The van der Waals surface area contributed by atoms with Crippen LogP contribution in [0.1, 0.15) is 44.7 Å². The molecule has 0 aliphatic heterocycles. The molecule has 3 nitrogen and oxygen atoms in total. The standard InChI is InChI=1S/C17H29NO2/c1-4-12-18-17(15-10-7-6-8-11-15)16(5-2)20-14-9-13-19-3/h6-8,10-11,16-18H,4-5,9,12-14H2,1-3H3. The van der Waals surface area contributed by atoms with Gasteiger partial charge in [-0.1, -0.05) is 44.2 Å². The molecule has 3 heteroatoms. The van der Waals surface area contributed by atoms with E-state index in [9.17, 15) is 0 Å². The van der Waals surface area contributed by atoms with Crippen LogP contribution in [0.15, 0.2) is 30.3 Å². The van der Waals surface area contributed by atoms with Gasteiger partial charge in [-0.15, -0.1) is 0 Å². The monoisotopic (exact) mass is 279 g/mol. The fourth-order valence-corrected chi connectivity index (χ4v) is 2.31. The van der Waals surface area contributed by atoms with Crippen LogP contribution in [0, 0.1) is 0 Å². The predicted molar refractivity (Wildman–Crippen MR) is 84.0 cm³/mol. The number of methoxy groups -OCH3 is 1. The van der Waals surface area contributed by atoms with Gasteiger partial charge in [-0.3, -0.25) is 0 Å². The molecule has 0 fully saturated rings.